The van der Waals surface area contributed by atoms with Gasteiger partial charge in [0.05, 0.1) is 22.1 Å². The summed E-state index contributed by atoms with van der Waals surface area (Å²) in [5.41, 5.74) is 2.60. The lowest BCUT2D eigenvalue weighted by molar-refractivity contribution is 0.0691. The van der Waals surface area contributed by atoms with Crippen molar-refractivity contribution >= 4 is 16.8 Å². The van der Waals surface area contributed by atoms with Gasteiger partial charge in [0.15, 0.2) is 0 Å². The van der Waals surface area contributed by atoms with E-state index in [1.54, 1.807) is 0 Å². The molecule has 3 nitrogen and oxygen atoms in total. The molecule has 0 amide bonds. The van der Waals surface area contributed by atoms with Crippen LogP contribution in [-0.2, 0) is 16.6 Å². The third kappa shape index (κ3) is 3.76. The van der Waals surface area contributed by atoms with Crippen LogP contribution in [0, 0.1) is 19.7 Å². The van der Waals surface area contributed by atoms with E-state index in [0.29, 0.717) is 4.90 Å². The molecular formula is C16H15FO3S. The molecule has 0 radical (unpaired) electrons. The summed E-state index contributed by atoms with van der Waals surface area (Å²) in [6.45, 7) is 3.92. The monoisotopic (exact) mass is 306 g/mol. The van der Waals surface area contributed by atoms with Crippen LogP contribution in [-0.4, -0.2) is 15.3 Å². The average molecular weight is 306 g/mol. The Bertz CT molecular complexity index is 705. The van der Waals surface area contributed by atoms with Crippen molar-refractivity contribution < 1.29 is 18.5 Å². The summed E-state index contributed by atoms with van der Waals surface area (Å²) in [4.78, 5) is 11.2. The maximum Gasteiger partial charge on any atom is 0.338 e. The van der Waals surface area contributed by atoms with Crippen LogP contribution in [0.2, 0.25) is 0 Å². The number of benzene rings is 2. The second-order valence-corrected chi connectivity index (χ2v) is 6.38. The Morgan fingerprint density at radius 3 is 2.33 bits per heavy atom. The molecule has 110 valence electrons. The van der Waals surface area contributed by atoms with Crippen LogP contribution >= 0.6 is 0 Å². The number of carbonyl (C=O) groups is 1. The van der Waals surface area contributed by atoms with Crippen LogP contribution in [0.25, 0.3) is 0 Å². The standard InChI is InChI=1S/C16H15FO3S/c1-10-5-11(2)7-12(6-10)9-21(20)13-3-4-15(17)14(8-13)16(18)19/h3-8H,9H2,1-2H3,(H,18,19). The fourth-order valence-electron chi connectivity index (χ4n) is 2.20. The average Bonchev–Trinajstić information content (AvgIpc) is 2.37. The van der Waals surface area contributed by atoms with Gasteiger partial charge < -0.3 is 5.11 Å². The molecule has 0 fully saturated rings. The Morgan fingerprint density at radius 2 is 1.76 bits per heavy atom. The van der Waals surface area contributed by atoms with Crippen molar-refractivity contribution in [3.8, 4) is 0 Å². The zero-order chi connectivity index (χ0) is 15.6. The number of aromatic carboxylic acids is 1. The molecule has 0 aliphatic rings. The predicted molar refractivity (Wildman–Crippen MR) is 79.4 cm³/mol. The lowest BCUT2D eigenvalue weighted by atomic mass is 10.1. The van der Waals surface area contributed by atoms with Gasteiger partial charge >= 0.3 is 5.97 Å². The van der Waals surface area contributed by atoms with E-state index in [1.165, 1.54) is 6.07 Å². The quantitative estimate of drug-likeness (QED) is 0.941. The van der Waals surface area contributed by atoms with Gasteiger partial charge in [-0.25, -0.2) is 9.18 Å². The summed E-state index contributed by atoms with van der Waals surface area (Å²) in [6.07, 6.45) is 0. The number of hydrogen-bond acceptors (Lipinski definition) is 2. The summed E-state index contributed by atoms with van der Waals surface area (Å²) in [5.74, 6) is -1.92. The van der Waals surface area contributed by atoms with E-state index in [-0.39, 0.29) is 5.75 Å². The van der Waals surface area contributed by atoms with Gasteiger partial charge in [-0.15, -0.1) is 0 Å². The van der Waals surface area contributed by atoms with Crippen LogP contribution < -0.4 is 0 Å². The molecule has 0 saturated heterocycles. The maximum absolute atomic E-state index is 13.3. The van der Waals surface area contributed by atoms with Crippen molar-refractivity contribution in [3.05, 3.63) is 64.5 Å². The van der Waals surface area contributed by atoms with E-state index in [1.807, 2.05) is 32.0 Å². The van der Waals surface area contributed by atoms with Crippen molar-refractivity contribution in [2.24, 2.45) is 0 Å². The highest BCUT2D eigenvalue weighted by Gasteiger charge is 2.14. The topological polar surface area (TPSA) is 54.4 Å². The summed E-state index contributed by atoms with van der Waals surface area (Å²) in [6, 6.07) is 9.43. The molecular weight excluding hydrogens is 291 g/mol. The van der Waals surface area contributed by atoms with Gasteiger partial charge in [0.25, 0.3) is 0 Å². The molecule has 0 bridgehead atoms. The lowest BCUT2D eigenvalue weighted by Crippen LogP contribution is -2.04. The highest BCUT2D eigenvalue weighted by molar-refractivity contribution is 7.84. The van der Waals surface area contributed by atoms with Crippen LogP contribution in [0.5, 0.6) is 0 Å². The van der Waals surface area contributed by atoms with Gasteiger partial charge in [-0.2, -0.15) is 0 Å². The number of aryl methyl sites for hydroxylation is 2. The van der Waals surface area contributed by atoms with E-state index < -0.39 is 28.1 Å². The van der Waals surface area contributed by atoms with E-state index in [9.17, 15) is 13.4 Å². The molecule has 2 aromatic rings. The molecule has 2 aromatic carbocycles. The molecule has 0 aliphatic carbocycles. The van der Waals surface area contributed by atoms with Gasteiger partial charge in [-0.05, 0) is 37.6 Å². The van der Waals surface area contributed by atoms with Gasteiger partial charge in [-0.1, -0.05) is 29.3 Å². The largest absolute Gasteiger partial charge is 0.478 e. The van der Waals surface area contributed by atoms with Crippen LogP contribution in [0.3, 0.4) is 0 Å². The number of carboxylic acid groups (broad SMARTS) is 1. The fourth-order valence-corrected chi connectivity index (χ4v) is 3.30. The molecule has 0 saturated carbocycles. The molecule has 0 aliphatic heterocycles. The third-order valence-corrected chi connectivity index (χ3v) is 4.39. The maximum atomic E-state index is 13.3. The zero-order valence-electron chi connectivity index (χ0n) is 11.7. The van der Waals surface area contributed by atoms with E-state index in [0.717, 1.165) is 28.8 Å². The molecule has 0 spiro atoms. The summed E-state index contributed by atoms with van der Waals surface area (Å²) < 4.78 is 25.7. The Labute approximate surface area is 124 Å². The molecule has 2 rings (SSSR count). The fraction of sp³-hybridized carbons (Fsp3) is 0.188. The van der Waals surface area contributed by atoms with Gasteiger partial charge in [0, 0.05) is 4.90 Å². The molecule has 21 heavy (non-hydrogen) atoms. The first-order valence-corrected chi connectivity index (χ1v) is 7.67. The van der Waals surface area contributed by atoms with E-state index >= 15 is 0 Å². The number of rotatable bonds is 4. The van der Waals surface area contributed by atoms with Crippen LogP contribution in [0.1, 0.15) is 27.0 Å². The highest BCUT2D eigenvalue weighted by atomic mass is 32.2. The Morgan fingerprint density at radius 1 is 1.14 bits per heavy atom. The zero-order valence-corrected chi connectivity index (χ0v) is 12.5. The van der Waals surface area contributed by atoms with Crippen LogP contribution in [0.15, 0.2) is 41.3 Å². The van der Waals surface area contributed by atoms with Crippen molar-refractivity contribution in [2.45, 2.75) is 24.5 Å². The van der Waals surface area contributed by atoms with Crippen LogP contribution in [0.4, 0.5) is 4.39 Å². The normalized spacial score (nSPS) is 12.1. The number of hydrogen-bond donors (Lipinski definition) is 1. The molecule has 0 heterocycles. The summed E-state index contributed by atoms with van der Waals surface area (Å²) in [7, 11) is -1.42. The molecule has 1 atom stereocenters. The SMILES string of the molecule is Cc1cc(C)cc(CS(=O)c2ccc(F)c(C(=O)O)c2)c1. The molecule has 1 unspecified atom stereocenters. The van der Waals surface area contributed by atoms with E-state index in [4.69, 9.17) is 5.11 Å². The van der Waals surface area contributed by atoms with Gasteiger partial charge in [0.1, 0.15) is 5.82 Å². The second-order valence-electron chi connectivity index (χ2n) is 4.93. The Balaban J connectivity index is 2.28. The minimum absolute atomic E-state index is 0.271. The Kier molecular flexibility index (Phi) is 4.53. The summed E-state index contributed by atoms with van der Waals surface area (Å²) in [5, 5.41) is 8.90. The molecule has 5 heteroatoms. The first-order valence-electron chi connectivity index (χ1n) is 6.35. The smallest absolute Gasteiger partial charge is 0.338 e. The molecule has 1 N–H and O–H groups in total. The van der Waals surface area contributed by atoms with Crippen molar-refractivity contribution in [1.29, 1.82) is 0 Å². The highest BCUT2D eigenvalue weighted by Crippen LogP contribution is 2.18. The van der Waals surface area contributed by atoms with Crippen molar-refractivity contribution in [2.75, 3.05) is 0 Å². The lowest BCUT2D eigenvalue weighted by Gasteiger charge is -2.07. The van der Waals surface area contributed by atoms with Gasteiger partial charge in [0.2, 0.25) is 0 Å². The van der Waals surface area contributed by atoms with Crippen molar-refractivity contribution in [1.82, 2.24) is 0 Å². The van der Waals surface area contributed by atoms with Crippen molar-refractivity contribution in [3.63, 3.8) is 0 Å². The first-order chi connectivity index (χ1) is 9.86. The first kappa shape index (κ1) is 15.4. The number of halogens is 1. The second kappa shape index (κ2) is 6.18. The Hall–Kier alpha value is -2.01. The van der Waals surface area contributed by atoms with E-state index in [2.05, 4.69) is 0 Å². The number of carboxylic acids is 1. The molecule has 0 aromatic heterocycles. The summed E-state index contributed by atoms with van der Waals surface area (Å²) >= 11 is 0. The minimum Gasteiger partial charge on any atom is -0.478 e. The minimum atomic E-state index is -1.42. The van der Waals surface area contributed by atoms with Gasteiger partial charge in [-0.3, -0.25) is 4.21 Å². The predicted octanol–water partition coefficient (Wildman–Crippen LogP) is 3.45. The third-order valence-electron chi connectivity index (χ3n) is 3.01.